The molecule has 3 heteroatoms. The standard InChI is InChI=1S/C13H18N2O/c1-9-5-10(2)12-11(6-9)13(3-4-16-12)7-14-8-15-13/h5-6,14-15H,3-4,7-8H2,1-2H3. The fourth-order valence-corrected chi connectivity index (χ4v) is 2.90. The van der Waals surface area contributed by atoms with Gasteiger partial charge in [-0.2, -0.15) is 0 Å². The largest absolute Gasteiger partial charge is 0.493 e. The molecule has 1 aromatic rings. The van der Waals surface area contributed by atoms with E-state index in [1.165, 1.54) is 16.7 Å². The number of hydrogen-bond acceptors (Lipinski definition) is 3. The Bertz CT molecular complexity index is 422. The molecular formula is C13H18N2O. The minimum atomic E-state index is 0.102. The number of benzene rings is 1. The van der Waals surface area contributed by atoms with Crippen molar-refractivity contribution in [2.75, 3.05) is 19.8 Å². The highest BCUT2D eigenvalue weighted by atomic mass is 16.5. The lowest BCUT2D eigenvalue weighted by molar-refractivity contribution is 0.207. The van der Waals surface area contributed by atoms with Gasteiger partial charge in [-0.15, -0.1) is 0 Å². The average molecular weight is 218 g/mol. The minimum absolute atomic E-state index is 0.102. The third kappa shape index (κ3) is 1.35. The maximum atomic E-state index is 5.83. The number of nitrogens with one attached hydrogen (secondary N) is 2. The first kappa shape index (κ1) is 10.1. The highest BCUT2D eigenvalue weighted by molar-refractivity contribution is 5.49. The zero-order valence-corrected chi connectivity index (χ0v) is 9.89. The van der Waals surface area contributed by atoms with Gasteiger partial charge < -0.3 is 10.1 Å². The summed E-state index contributed by atoms with van der Waals surface area (Å²) in [7, 11) is 0. The quantitative estimate of drug-likeness (QED) is 0.691. The van der Waals surface area contributed by atoms with E-state index in [-0.39, 0.29) is 5.54 Å². The van der Waals surface area contributed by atoms with Crippen LogP contribution in [0.2, 0.25) is 0 Å². The maximum absolute atomic E-state index is 5.83. The van der Waals surface area contributed by atoms with Crippen molar-refractivity contribution in [3.8, 4) is 5.75 Å². The zero-order chi connectivity index (χ0) is 11.2. The molecule has 0 saturated carbocycles. The van der Waals surface area contributed by atoms with E-state index in [0.717, 1.165) is 32.0 Å². The zero-order valence-electron chi connectivity index (χ0n) is 9.89. The molecule has 0 aromatic heterocycles. The van der Waals surface area contributed by atoms with E-state index in [1.807, 2.05) is 0 Å². The lowest BCUT2D eigenvalue weighted by atomic mass is 9.83. The summed E-state index contributed by atoms with van der Waals surface area (Å²) in [6, 6.07) is 4.46. The SMILES string of the molecule is Cc1cc(C)c2c(c1)C1(CCO2)CNCN1. The van der Waals surface area contributed by atoms with E-state index in [4.69, 9.17) is 4.74 Å². The molecule has 2 aliphatic rings. The summed E-state index contributed by atoms with van der Waals surface area (Å²) in [5.41, 5.74) is 4.00. The van der Waals surface area contributed by atoms with Crippen LogP contribution in [-0.4, -0.2) is 19.8 Å². The summed E-state index contributed by atoms with van der Waals surface area (Å²) in [4.78, 5) is 0. The predicted octanol–water partition coefficient (Wildman–Crippen LogP) is 1.43. The van der Waals surface area contributed by atoms with E-state index in [2.05, 4.69) is 36.6 Å². The second-order valence-corrected chi connectivity index (χ2v) is 4.92. The number of ether oxygens (including phenoxy) is 1. The number of aryl methyl sites for hydroxylation is 2. The summed E-state index contributed by atoms with van der Waals surface area (Å²) in [5.74, 6) is 1.09. The Morgan fingerprint density at radius 1 is 1.31 bits per heavy atom. The molecule has 1 unspecified atom stereocenters. The lowest BCUT2D eigenvalue weighted by Crippen LogP contribution is -2.44. The normalized spacial score (nSPS) is 27.9. The fourth-order valence-electron chi connectivity index (χ4n) is 2.90. The topological polar surface area (TPSA) is 33.3 Å². The Kier molecular flexibility index (Phi) is 2.19. The van der Waals surface area contributed by atoms with Crippen LogP contribution in [0.5, 0.6) is 5.75 Å². The molecule has 2 heterocycles. The third-order valence-corrected chi connectivity index (χ3v) is 3.69. The third-order valence-electron chi connectivity index (χ3n) is 3.69. The molecule has 0 bridgehead atoms. The van der Waals surface area contributed by atoms with Gasteiger partial charge in [-0.3, -0.25) is 5.32 Å². The van der Waals surface area contributed by atoms with E-state index in [1.54, 1.807) is 0 Å². The molecule has 3 rings (SSSR count). The molecule has 86 valence electrons. The molecule has 0 amide bonds. The van der Waals surface area contributed by atoms with Gasteiger partial charge in [-0.1, -0.05) is 17.7 Å². The summed E-state index contributed by atoms with van der Waals surface area (Å²) in [6.07, 6.45) is 1.05. The van der Waals surface area contributed by atoms with Gasteiger partial charge in [0.1, 0.15) is 5.75 Å². The van der Waals surface area contributed by atoms with E-state index in [9.17, 15) is 0 Å². The molecule has 16 heavy (non-hydrogen) atoms. The molecule has 2 N–H and O–H groups in total. The van der Waals surface area contributed by atoms with E-state index >= 15 is 0 Å². The van der Waals surface area contributed by atoms with Crippen molar-refractivity contribution in [1.29, 1.82) is 0 Å². The van der Waals surface area contributed by atoms with Gasteiger partial charge in [0.15, 0.2) is 0 Å². The van der Waals surface area contributed by atoms with Crippen LogP contribution in [-0.2, 0) is 5.54 Å². The first-order valence-electron chi connectivity index (χ1n) is 5.92. The van der Waals surface area contributed by atoms with Crippen molar-refractivity contribution in [3.63, 3.8) is 0 Å². The molecule has 2 aliphatic heterocycles. The summed E-state index contributed by atoms with van der Waals surface area (Å²) in [6.45, 7) is 7.00. The van der Waals surface area contributed by atoms with Crippen molar-refractivity contribution in [2.24, 2.45) is 0 Å². The van der Waals surface area contributed by atoms with Crippen LogP contribution in [0.4, 0.5) is 0 Å². The summed E-state index contributed by atoms with van der Waals surface area (Å²) < 4.78 is 5.83. The van der Waals surface area contributed by atoms with Gasteiger partial charge >= 0.3 is 0 Å². The second-order valence-electron chi connectivity index (χ2n) is 4.92. The van der Waals surface area contributed by atoms with E-state index < -0.39 is 0 Å². The van der Waals surface area contributed by atoms with Crippen LogP contribution in [0.15, 0.2) is 12.1 Å². The first-order chi connectivity index (χ1) is 7.71. The van der Waals surface area contributed by atoms with Gasteiger partial charge in [-0.05, 0) is 19.4 Å². The van der Waals surface area contributed by atoms with Crippen molar-refractivity contribution >= 4 is 0 Å². The molecule has 1 atom stereocenters. The number of hydrogen-bond donors (Lipinski definition) is 2. The highest BCUT2D eigenvalue weighted by Crippen LogP contribution is 2.40. The Morgan fingerprint density at radius 2 is 2.19 bits per heavy atom. The Labute approximate surface area is 96.2 Å². The van der Waals surface area contributed by atoms with Gasteiger partial charge in [0.05, 0.1) is 12.1 Å². The van der Waals surface area contributed by atoms with Gasteiger partial charge in [0.2, 0.25) is 0 Å². The fraction of sp³-hybridized carbons (Fsp3) is 0.538. The van der Waals surface area contributed by atoms with Crippen LogP contribution in [0.3, 0.4) is 0 Å². The molecule has 0 aliphatic carbocycles. The van der Waals surface area contributed by atoms with Crippen LogP contribution in [0.1, 0.15) is 23.1 Å². The smallest absolute Gasteiger partial charge is 0.127 e. The molecule has 3 nitrogen and oxygen atoms in total. The van der Waals surface area contributed by atoms with Crippen molar-refractivity contribution < 1.29 is 4.74 Å². The van der Waals surface area contributed by atoms with Crippen LogP contribution >= 0.6 is 0 Å². The first-order valence-corrected chi connectivity index (χ1v) is 5.92. The average Bonchev–Trinajstić information content (AvgIpc) is 2.69. The van der Waals surface area contributed by atoms with Crippen molar-refractivity contribution in [2.45, 2.75) is 25.8 Å². The van der Waals surface area contributed by atoms with Crippen LogP contribution in [0.25, 0.3) is 0 Å². The summed E-state index contributed by atoms with van der Waals surface area (Å²) in [5, 5.41) is 6.99. The van der Waals surface area contributed by atoms with Gasteiger partial charge in [0.25, 0.3) is 0 Å². The maximum Gasteiger partial charge on any atom is 0.127 e. The lowest BCUT2D eigenvalue weighted by Gasteiger charge is -2.36. The molecule has 1 saturated heterocycles. The molecule has 1 aromatic carbocycles. The Hall–Kier alpha value is -1.06. The Morgan fingerprint density at radius 3 is 2.94 bits per heavy atom. The molecule has 0 radical (unpaired) electrons. The molecule has 1 fully saturated rings. The van der Waals surface area contributed by atoms with E-state index in [0.29, 0.717) is 0 Å². The van der Waals surface area contributed by atoms with Crippen LogP contribution in [0, 0.1) is 13.8 Å². The van der Waals surface area contributed by atoms with Gasteiger partial charge in [-0.25, -0.2) is 0 Å². The summed E-state index contributed by atoms with van der Waals surface area (Å²) >= 11 is 0. The minimum Gasteiger partial charge on any atom is -0.493 e. The monoisotopic (exact) mass is 218 g/mol. The van der Waals surface area contributed by atoms with Crippen molar-refractivity contribution in [1.82, 2.24) is 10.6 Å². The number of rotatable bonds is 0. The van der Waals surface area contributed by atoms with Crippen LogP contribution < -0.4 is 15.4 Å². The molecular weight excluding hydrogens is 200 g/mol. The second kappa shape index (κ2) is 3.47. The number of fused-ring (bicyclic) bond motifs is 2. The highest BCUT2D eigenvalue weighted by Gasteiger charge is 2.40. The van der Waals surface area contributed by atoms with Gasteiger partial charge in [0, 0.05) is 25.2 Å². The van der Waals surface area contributed by atoms with Crippen molar-refractivity contribution in [3.05, 3.63) is 28.8 Å². The predicted molar refractivity (Wildman–Crippen MR) is 63.7 cm³/mol. The molecule has 1 spiro atoms. The Balaban J connectivity index is 2.17.